The number of piperidine rings is 1. The maximum atomic E-state index is 6.16. The molecule has 0 amide bonds. The lowest BCUT2D eigenvalue weighted by molar-refractivity contribution is 0.0388. The summed E-state index contributed by atoms with van der Waals surface area (Å²) in [5.74, 6) is 0.879. The van der Waals surface area contributed by atoms with E-state index in [9.17, 15) is 0 Å². The first-order valence-electron chi connectivity index (χ1n) is 8.17. The Bertz CT molecular complexity index is 228. The highest BCUT2D eigenvalue weighted by molar-refractivity contribution is 4.93. The second-order valence-electron chi connectivity index (χ2n) is 6.58. The Morgan fingerprint density at radius 2 is 1.84 bits per heavy atom. The third-order valence-corrected chi connectivity index (χ3v) is 4.94. The van der Waals surface area contributed by atoms with E-state index in [0.717, 1.165) is 12.5 Å². The van der Waals surface area contributed by atoms with Crippen LogP contribution in [0.2, 0.25) is 0 Å². The zero-order chi connectivity index (χ0) is 14.3. The molecule has 0 bridgehead atoms. The molecule has 0 radical (unpaired) electrons. The van der Waals surface area contributed by atoms with Crippen molar-refractivity contribution in [2.24, 2.45) is 11.7 Å². The molecule has 1 aliphatic heterocycles. The van der Waals surface area contributed by atoms with E-state index in [1.54, 1.807) is 0 Å². The van der Waals surface area contributed by atoms with Gasteiger partial charge in [0.05, 0.1) is 0 Å². The number of nitrogens with two attached hydrogens (primary N) is 1. The van der Waals surface area contributed by atoms with Crippen molar-refractivity contribution in [3.8, 4) is 0 Å². The van der Waals surface area contributed by atoms with Crippen molar-refractivity contribution >= 4 is 0 Å². The number of unbranched alkanes of at least 4 members (excludes halogenated alkanes) is 1. The van der Waals surface area contributed by atoms with Crippen molar-refractivity contribution in [1.82, 2.24) is 9.80 Å². The van der Waals surface area contributed by atoms with Gasteiger partial charge in [-0.25, -0.2) is 0 Å². The molecule has 1 saturated heterocycles. The van der Waals surface area contributed by atoms with Crippen LogP contribution in [0.3, 0.4) is 0 Å². The molecule has 1 rings (SSSR count). The molecule has 1 atom stereocenters. The molecular weight excluding hydrogens is 234 g/mol. The first kappa shape index (κ1) is 16.9. The van der Waals surface area contributed by atoms with Crippen molar-refractivity contribution < 1.29 is 0 Å². The molecule has 2 N–H and O–H groups in total. The summed E-state index contributed by atoms with van der Waals surface area (Å²) >= 11 is 0. The van der Waals surface area contributed by atoms with Gasteiger partial charge in [0.25, 0.3) is 0 Å². The highest BCUT2D eigenvalue weighted by Crippen LogP contribution is 2.30. The number of likely N-dealkylation sites (tertiary alicyclic amines) is 1. The molecule has 0 aromatic heterocycles. The van der Waals surface area contributed by atoms with E-state index in [2.05, 4.69) is 37.7 Å². The molecule has 3 nitrogen and oxygen atoms in total. The van der Waals surface area contributed by atoms with Crippen molar-refractivity contribution in [2.75, 3.05) is 40.3 Å². The number of hydrogen-bond donors (Lipinski definition) is 1. The van der Waals surface area contributed by atoms with Gasteiger partial charge in [0.15, 0.2) is 0 Å². The van der Waals surface area contributed by atoms with Crippen LogP contribution in [-0.4, -0.2) is 55.6 Å². The minimum absolute atomic E-state index is 0.277. The van der Waals surface area contributed by atoms with E-state index in [1.165, 1.54) is 58.2 Å². The molecule has 1 aliphatic rings. The average Bonchev–Trinajstić information content (AvgIpc) is 2.41. The summed E-state index contributed by atoms with van der Waals surface area (Å²) in [5, 5.41) is 0. The topological polar surface area (TPSA) is 32.5 Å². The first-order chi connectivity index (χ1) is 9.07. The van der Waals surface area contributed by atoms with E-state index in [0.29, 0.717) is 0 Å². The summed E-state index contributed by atoms with van der Waals surface area (Å²) in [6.45, 7) is 9.14. The van der Waals surface area contributed by atoms with Gasteiger partial charge in [-0.3, -0.25) is 4.90 Å². The molecule has 1 heterocycles. The highest BCUT2D eigenvalue weighted by atomic mass is 15.2. The Morgan fingerprint density at radius 1 is 1.21 bits per heavy atom. The molecule has 0 aromatic carbocycles. The molecule has 0 aliphatic carbocycles. The van der Waals surface area contributed by atoms with Gasteiger partial charge in [0.2, 0.25) is 0 Å². The third-order valence-electron chi connectivity index (χ3n) is 4.94. The number of hydrogen-bond acceptors (Lipinski definition) is 3. The van der Waals surface area contributed by atoms with Crippen LogP contribution < -0.4 is 5.73 Å². The Morgan fingerprint density at radius 3 is 2.26 bits per heavy atom. The summed E-state index contributed by atoms with van der Waals surface area (Å²) in [7, 11) is 4.37. The lowest BCUT2D eigenvalue weighted by Gasteiger charge is -2.47. The average molecular weight is 269 g/mol. The largest absolute Gasteiger partial charge is 0.329 e. The molecule has 0 spiro atoms. The van der Waals surface area contributed by atoms with Gasteiger partial charge < -0.3 is 10.6 Å². The molecule has 3 heteroatoms. The smallest absolute Gasteiger partial charge is 0.0329 e. The summed E-state index contributed by atoms with van der Waals surface area (Å²) < 4.78 is 0. The van der Waals surface area contributed by atoms with Gasteiger partial charge in [0, 0.05) is 18.6 Å². The first-order valence-corrected chi connectivity index (χ1v) is 8.17. The lowest BCUT2D eigenvalue weighted by Crippen LogP contribution is -2.56. The van der Waals surface area contributed by atoms with E-state index in [1.807, 2.05) is 0 Å². The summed E-state index contributed by atoms with van der Waals surface area (Å²) in [6, 6.07) is 0. The van der Waals surface area contributed by atoms with Gasteiger partial charge >= 0.3 is 0 Å². The summed E-state index contributed by atoms with van der Waals surface area (Å²) in [6.07, 6.45) is 7.73. The molecule has 0 saturated carbocycles. The molecule has 114 valence electrons. The summed E-state index contributed by atoms with van der Waals surface area (Å²) in [4.78, 5) is 5.03. The van der Waals surface area contributed by atoms with Crippen molar-refractivity contribution in [1.29, 1.82) is 0 Å². The number of rotatable bonds is 8. The highest BCUT2D eigenvalue weighted by Gasteiger charge is 2.35. The maximum Gasteiger partial charge on any atom is 0.0329 e. The van der Waals surface area contributed by atoms with E-state index in [4.69, 9.17) is 5.73 Å². The third kappa shape index (κ3) is 4.73. The Hall–Kier alpha value is -0.120. The predicted octanol–water partition coefficient (Wildman–Crippen LogP) is 2.56. The maximum absolute atomic E-state index is 6.16. The van der Waals surface area contributed by atoms with Gasteiger partial charge in [-0.2, -0.15) is 0 Å². The minimum Gasteiger partial charge on any atom is -0.329 e. The SMILES string of the molecule is CCCCC(CC)(CN)N1CCC(CN(C)C)CC1. The van der Waals surface area contributed by atoms with Crippen LogP contribution in [0.1, 0.15) is 52.4 Å². The molecule has 1 fully saturated rings. The standard InChI is InChI=1S/C16H35N3/c1-5-7-10-16(6-2,14-17)19-11-8-15(9-12-19)13-18(3)4/h15H,5-14,17H2,1-4H3. The van der Waals surface area contributed by atoms with E-state index < -0.39 is 0 Å². The van der Waals surface area contributed by atoms with Gasteiger partial charge in [-0.05, 0) is 58.8 Å². The molecule has 0 aromatic rings. The van der Waals surface area contributed by atoms with Crippen LogP contribution in [0.5, 0.6) is 0 Å². The minimum atomic E-state index is 0.277. The van der Waals surface area contributed by atoms with Crippen LogP contribution in [-0.2, 0) is 0 Å². The van der Waals surface area contributed by atoms with Gasteiger partial charge in [-0.1, -0.05) is 26.7 Å². The fourth-order valence-electron chi connectivity index (χ4n) is 3.55. The Kier molecular flexibility index (Phi) is 7.33. The zero-order valence-corrected chi connectivity index (χ0v) is 13.6. The second kappa shape index (κ2) is 8.23. The quantitative estimate of drug-likeness (QED) is 0.735. The van der Waals surface area contributed by atoms with E-state index in [-0.39, 0.29) is 5.54 Å². The zero-order valence-electron chi connectivity index (χ0n) is 13.6. The normalized spacial score (nSPS) is 21.8. The molecular formula is C16H35N3. The van der Waals surface area contributed by atoms with Crippen molar-refractivity contribution in [3.63, 3.8) is 0 Å². The fraction of sp³-hybridized carbons (Fsp3) is 1.00. The van der Waals surface area contributed by atoms with Crippen LogP contribution in [0.25, 0.3) is 0 Å². The summed E-state index contributed by atoms with van der Waals surface area (Å²) in [5.41, 5.74) is 6.43. The molecule has 19 heavy (non-hydrogen) atoms. The van der Waals surface area contributed by atoms with Crippen molar-refractivity contribution in [2.45, 2.75) is 57.9 Å². The predicted molar refractivity (Wildman–Crippen MR) is 84.5 cm³/mol. The number of nitrogens with zero attached hydrogens (tertiary/aromatic N) is 2. The van der Waals surface area contributed by atoms with Crippen LogP contribution in [0, 0.1) is 5.92 Å². The van der Waals surface area contributed by atoms with E-state index >= 15 is 0 Å². The van der Waals surface area contributed by atoms with Gasteiger partial charge in [0.1, 0.15) is 0 Å². The van der Waals surface area contributed by atoms with Crippen LogP contribution >= 0.6 is 0 Å². The second-order valence-corrected chi connectivity index (χ2v) is 6.58. The van der Waals surface area contributed by atoms with Crippen LogP contribution in [0.15, 0.2) is 0 Å². The Labute approximate surface area is 120 Å². The lowest BCUT2D eigenvalue weighted by atomic mass is 9.84. The fourth-order valence-corrected chi connectivity index (χ4v) is 3.55. The monoisotopic (exact) mass is 269 g/mol. The van der Waals surface area contributed by atoms with Crippen LogP contribution in [0.4, 0.5) is 0 Å². The van der Waals surface area contributed by atoms with Crippen molar-refractivity contribution in [3.05, 3.63) is 0 Å². The molecule has 1 unspecified atom stereocenters. The van der Waals surface area contributed by atoms with Gasteiger partial charge in [-0.15, -0.1) is 0 Å². The Balaban J connectivity index is 2.54.